The molecular formula is C19H24N2O6. The fourth-order valence-corrected chi connectivity index (χ4v) is 2.76. The second kappa shape index (κ2) is 9.07. The van der Waals surface area contributed by atoms with Gasteiger partial charge < -0.3 is 14.2 Å². The number of methoxy groups -OCH3 is 1. The van der Waals surface area contributed by atoms with Crippen LogP contribution >= 0.6 is 0 Å². The lowest BCUT2D eigenvalue weighted by Crippen LogP contribution is -2.37. The van der Waals surface area contributed by atoms with Crippen molar-refractivity contribution in [3.05, 3.63) is 30.0 Å². The predicted molar refractivity (Wildman–Crippen MR) is 99.0 cm³/mol. The fourth-order valence-electron chi connectivity index (χ4n) is 2.76. The third-order valence-electron chi connectivity index (χ3n) is 4.03. The Bertz CT molecular complexity index is 842. The molecule has 1 aromatic carbocycles. The lowest BCUT2D eigenvalue weighted by Gasteiger charge is -2.18. The molecule has 0 aliphatic carbocycles. The van der Waals surface area contributed by atoms with Crippen LogP contribution in [0, 0.1) is 0 Å². The van der Waals surface area contributed by atoms with Crippen LogP contribution in [-0.2, 0) is 20.7 Å². The number of hydrogen-bond acceptors (Lipinski definition) is 6. The number of amides is 2. The molecule has 2 rings (SSSR count). The van der Waals surface area contributed by atoms with E-state index in [-0.39, 0.29) is 19.8 Å². The lowest BCUT2D eigenvalue weighted by molar-refractivity contribution is -0.127. The molecule has 2 amide bonds. The van der Waals surface area contributed by atoms with Crippen molar-refractivity contribution in [1.29, 1.82) is 0 Å². The summed E-state index contributed by atoms with van der Waals surface area (Å²) < 4.78 is 16.7. The minimum Gasteiger partial charge on any atom is -0.497 e. The van der Waals surface area contributed by atoms with E-state index in [1.165, 1.54) is 11.5 Å². The first kappa shape index (κ1) is 20.3. The second-order valence-electron chi connectivity index (χ2n) is 5.73. The molecule has 0 N–H and O–H groups in total. The van der Waals surface area contributed by atoms with Gasteiger partial charge in [-0.2, -0.15) is 0 Å². The van der Waals surface area contributed by atoms with Crippen molar-refractivity contribution in [3.63, 3.8) is 0 Å². The van der Waals surface area contributed by atoms with Gasteiger partial charge in [-0.3, -0.25) is 9.36 Å². The third-order valence-corrected chi connectivity index (χ3v) is 4.03. The molecular weight excluding hydrogens is 352 g/mol. The minimum absolute atomic E-state index is 0.132. The van der Waals surface area contributed by atoms with Crippen molar-refractivity contribution in [3.8, 4) is 5.75 Å². The monoisotopic (exact) mass is 376 g/mol. The van der Waals surface area contributed by atoms with Crippen LogP contribution in [0.1, 0.15) is 26.3 Å². The molecule has 8 heteroatoms. The van der Waals surface area contributed by atoms with Crippen molar-refractivity contribution < 1.29 is 28.6 Å². The first-order chi connectivity index (χ1) is 12.9. The Morgan fingerprint density at radius 3 is 2.41 bits per heavy atom. The highest BCUT2D eigenvalue weighted by Gasteiger charge is 2.21. The molecule has 0 aliphatic rings. The number of ether oxygens (including phenoxy) is 3. The number of benzene rings is 1. The molecule has 27 heavy (non-hydrogen) atoms. The van der Waals surface area contributed by atoms with E-state index in [4.69, 9.17) is 14.2 Å². The van der Waals surface area contributed by atoms with Crippen LogP contribution in [0.2, 0.25) is 0 Å². The van der Waals surface area contributed by atoms with Gasteiger partial charge in [0.05, 0.1) is 25.8 Å². The number of carbonyl (C=O) groups is 3. The number of rotatable bonds is 6. The second-order valence-corrected chi connectivity index (χ2v) is 5.73. The maximum Gasteiger partial charge on any atom is 0.418 e. The fraction of sp³-hybridized carbons (Fsp3) is 0.421. The quantitative estimate of drug-likeness (QED) is 0.769. The summed E-state index contributed by atoms with van der Waals surface area (Å²) >= 11 is 0. The zero-order chi connectivity index (χ0) is 20.0. The van der Waals surface area contributed by atoms with Crippen LogP contribution in [0.5, 0.6) is 5.75 Å². The topological polar surface area (TPSA) is 87.1 Å². The number of fused-ring (bicyclic) bond motifs is 1. The Kier molecular flexibility index (Phi) is 6.81. The first-order valence-corrected chi connectivity index (χ1v) is 8.72. The van der Waals surface area contributed by atoms with E-state index in [1.54, 1.807) is 39.3 Å². The van der Waals surface area contributed by atoms with Gasteiger partial charge in [-0.05, 0) is 44.0 Å². The van der Waals surface area contributed by atoms with E-state index in [9.17, 15) is 14.4 Å². The highest BCUT2D eigenvalue weighted by Crippen LogP contribution is 2.27. The number of carbonyl (C=O) groups excluding carboxylic acids is 3. The van der Waals surface area contributed by atoms with Crippen molar-refractivity contribution in [1.82, 2.24) is 9.47 Å². The lowest BCUT2D eigenvalue weighted by atomic mass is 10.1. The molecule has 0 spiro atoms. The molecule has 146 valence electrons. The molecule has 2 aromatic rings. The molecule has 0 bridgehead atoms. The Morgan fingerprint density at radius 1 is 1.11 bits per heavy atom. The number of hydrogen-bond donors (Lipinski definition) is 0. The zero-order valence-corrected chi connectivity index (χ0v) is 16.0. The van der Waals surface area contributed by atoms with E-state index in [2.05, 4.69) is 0 Å². The van der Waals surface area contributed by atoms with E-state index in [1.807, 2.05) is 6.07 Å². The Labute approximate surface area is 157 Å². The molecule has 8 nitrogen and oxygen atoms in total. The van der Waals surface area contributed by atoms with Gasteiger partial charge in [0.25, 0.3) is 0 Å². The average molecular weight is 376 g/mol. The predicted octanol–water partition coefficient (Wildman–Crippen LogP) is 3.20. The summed E-state index contributed by atoms with van der Waals surface area (Å²) in [4.78, 5) is 37.0. The average Bonchev–Trinajstić information content (AvgIpc) is 3.00. The number of imide groups is 1. The molecule has 0 saturated heterocycles. The molecule has 0 unspecified atom stereocenters. The molecule has 0 atom stereocenters. The van der Waals surface area contributed by atoms with Crippen LogP contribution in [-0.4, -0.2) is 54.4 Å². The molecule has 1 aromatic heterocycles. The molecule has 0 aliphatic heterocycles. The van der Waals surface area contributed by atoms with Crippen molar-refractivity contribution >= 4 is 29.0 Å². The van der Waals surface area contributed by atoms with Crippen LogP contribution in [0.3, 0.4) is 0 Å². The SMILES string of the molecule is CCOC(=O)N(CCc1cn(C(=O)OCC)c2ccc(OC)cc12)C(C)=O. The summed E-state index contributed by atoms with van der Waals surface area (Å²) in [5.41, 5.74) is 1.45. The zero-order valence-electron chi connectivity index (χ0n) is 16.0. The van der Waals surface area contributed by atoms with E-state index in [0.29, 0.717) is 17.7 Å². The van der Waals surface area contributed by atoms with Crippen molar-refractivity contribution in [2.45, 2.75) is 27.2 Å². The summed E-state index contributed by atoms with van der Waals surface area (Å²) in [5.74, 6) is 0.235. The molecule has 0 fully saturated rings. The largest absolute Gasteiger partial charge is 0.497 e. The van der Waals surface area contributed by atoms with Crippen LogP contribution in [0.25, 0.3) is 10.9 Å². The highest BCUT2D eigenvalue weighted by molar-refractivity contribution is 5.93. The smallest absolute Gasteiger partial charge is 0.418 e. The van der Waals surface area contributed by atoms with Crippen molar-refractivity contribution in [2.24, 2.45) is 0 Å². The minimum atomic E-state index is -0.684. The maximum atomic E-state index is 12.2. The summed E-state index contributed by atoms with van der Waals surface area (Å²) in [6.45, 7) is 5.29. The van der Waals surface area contributed by atoms with Gasteiger partial charge in [0.1, 0.15) is 5.75 Å². The van der Waals surface area contributed by atoms with E-state index in [0.717, 1.165) is 15.8 Å². The Balaban J connectivity index is 2.37. The van der Waals surface area contributed by atoms with Gasteiger partial charge >= 0.3 is 12.2 Å². The van der Waals surface area contributed by atoms with Gasteiger partial charge in [-0.15, -0.1) is 0 Å². The van der Waals surface area contributed by atoms with Crippen LogP contribution < -0.4 is 4.74 Å². The summed E-state index contributed by atoms with van der Waals surface area (Å²) in [6, 6.07) is 5.33. The van der Waals surface area contributed by atoms with Gasteiger partial charge in [0.2, 0.25) is 5.91 Å². The summed E-state index contributed by atoms with van der Waals surface area (Å²) in [6.07, 6.45) is 0.837. The van der Waals surface area contributed by atoms with E-state index < -0.39 is 18.1 Å². The third kappa shape index (κ3) is 4.58. The standard InChI is InChI=1S/C19H24N2O6/c1-5-26-18(23)20(13(3)22)10-9-14-12-21(19(24)27-6-2)17-8-7-15(25-4)11-16(14)17/h7-8,11-12H,5-6,9-10H2,1-4H3. The van der Waals surface area contributed by atoms with Gasteiger partial charge in [-0.1, -0.05) is 0 Å². The van der Waals surface area contributed by atoms with Crippen LogP contribution in [0.4, 0.5) is 9.59 Å². The van der Waals surface area contributed by atoms with Crippen LogP contribution in [0.15, 0.2) is 24.4 Å². The highest BCUT2D eigenvalue weighted by atomic mass is 16.6. The molecule has 1 heterocycles. The Morgan fingerprint density at radius 2 is 1.81 bits per heavy atom. The van der Waals surface area contributed by atoms with Gasteiger partial charge in [-0.25, -0.2) is 14.5 Å². The van der Waals surface area contributed by atoms with E-state index >= 15 is 0 Å². The molecule has 0 radical (unpaired) electrons. The Hall–Kier alpha value is -3.03. The maximum absolute atomic E-state index is 12.2. The first-order valence-electron chi connectivity index (χ1n) is 8.72. The summed E-state index contributed by atoms with van der Waals surface area (Å²) in [7, 11) is 1.56. The number of nitrogens with zero attached hydrogens (tertiary/aromatic N) is 2. The number of aromatic nitrogens is 1. The van der Waals surface area contributed by atoms with Gasteiger partial charge in [0.15, 0.2) is 0 Å². The normalized spacial score (nSPS) is 10.5. The van der Waals surface area contributed by atoms with Gasteiger partial charge in [0, 0.05) is 25.1 Å². The van der Waals surface area contributed by atoms with Crippen molar-refractivity contribution in [2.75, 3.05) is 26.9 Å². The summed E-state index contributed by atoms with van der Waals surface area (Å²) in [5, 5.41) is 0.787. The molecule has 0 saturated carbocycles.